The summed E-state index contributed by atoms with van der Waals surface area (Å²) in [6, 6.07) is 6.27. The molecule has 1 unspecified atom stereocenters. The summed E-state index contributed by atoms with van der Waals surface area (Å²) >= 11 is 0. The van der Waals surface area contributed by atoms with Gasteiger partial charge in [-0.15, -0.1) is 0 Å². The monoisotopic (exact) mass is 259 g/mol. The summed E-state index contributed by atoms with van der Waals surface area (Å²) in [5.74, 6) is -0.940. The number of hydrogen-bond acceptors (Lipinski definition) is 2. The Kier molecular flexibility index (Phi) is 4.34. The first-order chi connectivity index (χ1) is 9.18. The molecule has 4 heteroatoms. The van der Waals surface area contributed by atoms with Crippen LogP contribution in [0, 0.1) is 5.92 Å². The lowest BCUT2D eigenvalue weighted by Gasteiger charge is -2.18. The standard InChI is InChI=1S/C15H17NO3/c17-14(16-10-11-6-2-1-3-7-11)12-8-4-5-9-13(12)15(18)19/h1-2,4-5,8-9,11H,3,6-7,10H2,(H,16,17)(H,18,19). The molecule has 1 atom stereocenters. The second-order valence-electron chi connectivity index (χ2n) is 4.71. The number of hydrogen-bond donors (Lipinski definition) is 2. The molecular weight excluding hydrogens is 242 g/mol. The Labute approximate surface area is 112 Å². The number of allylic oxidation sites excluding steroid dienone is 2. The molecule has 0 heterocycles. The van der Waals surface area contributed by atoms with E-state index in [1.807, 2.05) is 0 Å². The topological polar surface area (TPSA) is 66.4 Å². The Balaban J connectivity index is 2.00. The first-order valence-corrected chi connectivity index (χ1v) is 6.44. The minimum Gasteiger partial charge on any atom is -0.478 e. The summed E-state index contributed by atoms with van der Waals surface area (Å²) < 4.78 is 0. The van der Waals surface area contributed by atoms with Crippen molar-refractivity contribution in [1.82, 2.24) is 5.32 Å². The molecule has 0 bridgehead atoms. The van der Waals surface area contributed by atoms with Crippen molar-refractivity contribution >= 4 is 11.9 Å². The van der Waals surface area contributed by atoms with Gasteiger partial charge < -0.3 is 10.4 Å². The average molecular weight is 259 g/mol. The molecule has 1 aliphatic carbocycles. The molecule has 0 spiro atoms. The molecule has 0 radical (unpaired) electrons. The van der Waals surface area contributed by atoms with Gasteiger partial charge in [-0.25, -0.2) is 4.79 Å². The summed E-state index contributed by atoms with van der Waals surface area (Å²) in [5.41, 5.74) is 0.268. The van der Waals surface area contributed by atoms with Crippen LogP contribution >= 0.6 is 0 Å². The minimum absolute atomic E-state index is 0.0449. The molecule has 1 aromatic rings. The van der Waals surface area contributed by atoms with Crippen LogP contribution < -0.4 is 5.32 Å². The largest absolute Gasteiger partial charge is 0.478 e. The van der Waals surface area contributed by atoms with Crippen LogP contribution in [0.5, 0.6) is 0 Å². The zero-order chi connectivity index (χ0) is 13.7. The van der Waals surface area contributed by atoms with E-state index in [0.717, 1.165) is 19.3 Å². The van der Waals surface area contributed by atoms with Crippen molar-refractivity contribution in [3.05, 3.63) is 47.5 Å². The van der Waals surface area contributed by atoms with Gasteiger partial charge in [0.05, 0.1) is 11.1 Å². The van der Waals surface area contributed by atoms with Gasteiger partial charge in [-0.3, -0.25) is 4.79 Å². The third-order valence-electron chi connectivity index (χ3n) is 3.33. The fourth-order valence-electron chi connectivity index (χ4n) is 2.24. The van der Waals surface area contributed by atoms with E-state index in [9.17, 15) is 9.59 Å². The number of carbonyl (C=O) groups excluding carboxylic acids is 1. The Morgan fingerprint density at radius 1 is 1.21 bits per heavy atom. The molecule has 0 aliphatic heterocycles. The van der Waals surface area contributed by atoms with Crippen molar-refractivity contribution in [3.63, 3.8) is 0 Å². The van der Waals surface area contributed by atoms with Gasteiger partial charge in [0.1, 0.15) is 0 Å². The molecule has 19 heavy (non-hydrogen) atoms. The molecule has 100 valence electrons. The van der Waals surface area contributed by atoms with E-state index in [4.69, 9.17) is 5.11 Å². The van der Waals surface area contributed by atoms with Gasteiger partial charge in [-0.1, -0.05) is 24.3 Å². The molecule has 2 N–H and O–H groups in total. The number of carboxylic acids is 1. The fourth-order valence-corrected chi connectivity index (χ4v) is 2.24. The van der Waals surface area contributed by atoms with Crippen molar-refractivity contribution in [3.8, 4) is 0 Å². The number of nitrogens with one attached hydrogen (secondary N) is 1. The maximum absolute atomic E-state index is 12.0. The van der Waals surface area contributed by atoms with Crippen LogP contribution in [0.1, 0.15) is 40.0 Å². The lowest BCUT2D eigenvalue weighted by atomic mass is 9.94. The zero-order valence-corrected chi connectivity index (χ0v) is 10.6. The molecule has 1 amide bonds. The predicted molar refractivity (Wildman–Crippen MR) is 72.2 cm³/mol. The molecule has 0 saturated carbocycles. The highest BCUT2D eigenvalue weighted by atomic mass is 16.4. The SMILES string of the molecule is O=C(O)c1ccccc1C(=O)NCC1CC=CCC1. The first-order valence-electron chi connectivity index (χ1n) is 6.44. The summed E-state index contributed by atoms with van der Waals surface area (Å²) in [6.45, 7) is 0.594. The van der Waals surface area contributed by atoms with E-state index in [-0.39, 0.29) is 17.0 Å². The van der Waals surface area contributed by atoms with E-state index in [1.165, 1.54) is 6.07 Å². The Hall–Kier alpha value is -2.10. The summed E-state index contributed by atoms with van der Waals surface area (Å²) in [4.78, 5) is 23.1. The van der Waals surface area contributed by atoms with E-state index in [0.29, 0.717) is 12.5 Å². The van der Waals surface area contributed by atoms with Crippen LogP contribution in [0.3, 0.4) is 0 Å². The predicted octanol–water partition coefficient (Wildman–Crippen LogP) is 2.47. The van der Waals surface area contributed by atoms with E-state index in [1.54, 1.807) is 18.2 Å². The summed E-state index contributed by atoms with van der Waals surface area (Å²) in [7, 11) is 0. The smallest absolute Gasteiger partial charge is 0.336 e. The molecule has 1 aromatic carbocycles. The van der Waals surface area contributed by atoms with Crippen molar-refractivity contribution in [2.24, 2.45) is 5.92 Å². The van der Waals surface area contributed by atoms with Crippen LogP contribution in [0.25, 0.3) is 0 Å². The molecule has 0 aromatic heterocycles. The number of rotatable bonds is 4. The van der Waals surface area contributed by atoms with Gasteiger partial charge in [-0.2, -0.15) is 0 Å². The van der Waals surface area contributed by atoms with Crippen LogP contribution in [-0.4, -0.2) is 23.5 Å². The Bertz CT molecular complexity index is 508. The van der Waals surface area contributed by atoms with Crippen molar-refractivity contribution in [1.29, 1.82) is 0 Å². The van der Waals surface area contributed by atoms with Crippen LogP contribution in [0.2, 0.25) is 0 Å². The van der Waals surface area contributed by atoms with Crippen molar-refractivity contribution in [2.75, 3.05) is 6.54 Å². The minimum atomic E-state index is -1.08. The van der Waals surface area contributed by atoms with Gasteiger partial charge in [0.2, 0.25) is 0 Å². The molecule has 1 aliphatic rings. The molecule has 2 rings (SSSR count). The van der Waals surface area contributed by atoms with Gasteiger partial charge in [0, 0.05) is 6.54 Å². The quantitative estimate of drug-likeness (QED) is 0.816. The lowest BCUT2D eigenvalue weighted by Crippen LogP contribution is -2.30. The van der Waals surface area contributed by atoms with Crippen LogP contribution in [0.15, 0.2) is 36.4 Å². The summed E-state index contributed by atoms with van der Waals surface area (Å²) in [5, 5.41) is 11.9. The maximum Gasteiger partial charge on any atom is 0.336 e. The second kappa shape index (κ2) is 6.18. The van der Waals surface area contributed by atoms with E-state index in [2.05, 4.69) is 17.5 Å². The number of carboxylic acid groups (broad SMARTS) is 1. The number of amides is 1. The normalized spacial score (nSPS) is 18.0. The maximum atomic E-state index is 12.0. The second-order valence-corrected chi connectivity index (χ2v) is 4.71. The Morgan fingerprint density at radius 3 is 2.58 bits per heavy atom. The number of aromatic carboxylic acids is 1. The molecule has 4 nitrogen and oxygen atoms in total. The first kappa shape index (κ1) is 13.3. The highest BCUT2D eigenvalue weighted by Gasteiger charge is 2.17. The molecular formula is C15H17NO3. The van der Waals surface area contributed by atoms with E-state index >= 15 is 0 Å². The number of benzene rings is 1. The number of carbonyl (C=O) groups is 2. The van der Waals surface area contributed by atoms with Gasteiger partial charge in [-0.05, 0) is 37.3 Å². The third-order valence-corrected chi connectivity index (χ3v) is 3.33. The fraction of sp³-hybridized carbons (Fsp3) is 0.333. The van der Waals surface area contributed by atoms with Gasteiger partial charge >= 0.3 is 5.97 Å². The van der Waals surface area contributed by atoms with Crippen molar-refractivity contribution < 1.29 is 14.7 Å². The molecule has 0 fully saturated rings. The van der Waals surface area contributed by atoms with Gasteiger partial charge in [0.25, 0.3) is 5.91 Å². The zero-order valence-electron chi connectivity index (χ0n) is 10.6. The molecule has 0 saturated heterocycles. The summed E-state index contributed by atoms with van der Waals surface area (Å²) in [6.07, 6.45) is 7.37. The van der Waals surface area contributed by atoms with Crippen LogP contribution in [0.4, 0.5) is 0 Å². The lowest BCUT2D eigenvalue weighted by molar-refractivity contribution is 0.0691. The van der Waals surface area contributed by atoms with E-state index < -0.39 is 5.97 Å². The van der Waals surface area contributed by atoms with Crippen molar-refractivity contribution in [2.45, 2.75) is 19.3 Å². The average Bonchev–Trinajstić information content (AvgIpc) is 2.46. The van der Waals surface area contributed by atoms with Gasteiger partial charge in [0.15, 0.2) is 0 Å². The third kappa shape index (κ3) is 3.44. The Morgan fingerprint density at radius 2 is 1.95 bits per heavy atom. The highest BCUT2D eigenvalue weighted by Crippen LogP contribution is 2.17. The highest BCUT2D eigenvalue weighted by molar-refractivity contribution is 6.04. The van der Waals surface area contributed by atoms with Crippen LogP contribution in [-0.2, 0) is 0 Å².